The Kier molecular flexibility index (Phi) is 5.28. The Morgan fingerprint density at radius 3 is 2.52 bits per heavy atom. The first kappa shape index (κ1) is 16.0. The van der Waals surface area contributed by atoms with Gasteiger partial charge < -0.3 is 14.6 Å². The van der Waals surface area contributed by atoms with Gasteiger partial charge in [0.15, 0.2) is 0 Å². The molecule has 1 N–H and O–H groups in total. The van der Waals surface area contributed by atoms with Crippen molar-refractivity contribution in [1.82, 2.24) is 4.90 Å². The number of hydrogen-bond donors (Lipinski definition) is 1. The molecule has 0 aromatic heterocycles. The van der Waals surface area contributed by atoms with Gasteiger partial charge in [-0.25, -0.2) is 0 Å². The first-order chi connectivity index (χ1) is 11.3. The largest absolute Gasteiger partial charge is 0.497 e. The van der Waals surface area contributed by atoms with E-state index in [-0.39, 0.29) is 18.8 Å². The summed E-state index contributed by atoms with van der Waals surface area (Å²) in [6.07, 6.45) is -0.208. The highest BCUT2D eigenvalue weighted by molar-refractivity contribution is 5.30. The number of benzene rings is 2. The summed E-state index contributed by atoms with van der Waals surface area (Å²) >= 11 is 0. The minimum Gasteiger partial charge on any atom is -0.497 e. The van der Waals surface area contributed by atoms with Gasteiger partial charge in [0.05, 0.1) is 26.4 Å². The maximum Gasteiger partial charge on any atom is 0.118 e. The number of rotatable bonds is 5. The molecule has 1 aliphatic heterocycles. The lowest BCUT2D eigenvalue weighted by Crippen LogP contribution is -2.46. The van der Waals surface area contributed by atoms with Gasteiger partial charge in [-0.05, 0) is 23.3 Å². The van der Waals surface area contributed by atoms with Gasteiger partial charge in [-0.15, -0.1) is 0 Å². The van der Waals surface area contributed by atoms with Gasteiger partial charge in [-0.3, -0.25) is 4.90 Å². The molecule has 0 radical (unpaired) electrons. The first-order valence-corrected chi connectivity index (χ1v) is 7.96. The second-order valence-electron chi connectivity index (χ2n) is 5.77. The molecule has 0 saturated carbocycles. The summed E-state index contributed by atoms with van der Waals surface area (Å²) in [6, 6.07) is 18.5. The Balaban J connectivity index is 1.85. The van der Waals surface area contributed by atoms with Crippen LogP contribution in [0.5, 0.6) is 5.75 Å². The van der Waals surface area contributed by atoms with Gasteiger partial charge in [0.2, 0.25) is 0 Å². The van der Waals surface area contributed by atoms with Crippen molar-refractivity contribution in [1.29, 1.82) is 0 Å². The molecule has 2 atom stereocenters. The van der Waals surface area contributed by atoms with Crippen molar-refractivity contribution in [3.63, 3.8) is 0 Å². The molecule has 0 aliphatic carbocycles. The summed E-state index contributed by atoms with van der Waals surface area (Å²) in [5.74, 6) is 0.834. The Morgan fingerprint density at radius 1 is 1.13 bits per heavy atom. The predicted octanol–water partition coefficient (Wildman–Crippen LogP) is 2.63. The Bertz CT molecular complexity index is 600. The van der Waals surface area contributed by atoms with E-state index in [4.69, 9.17) is 9.47 Å². The summed E-state index contributed by atoms with van der Waals surface area (Å²) < 4.78 is 11.0. The zero-order valence-corrected chi connectivity index (χ0v) is 13.4. The fourth-order valence-electron chi connectivity index (χ4n) is 3.16. The molecule has 1 aliphatic rings. The Morgan fingerprint density at radius 2 is 1.87 bits per heavy atom. The number of aliphatic hydroxyl groups excluding tert-OH is 1. The smallest absolute Gasteiger partial charge is 0.118 e. The summed E-state index contributed by atoms with van der Waals surface area (Å²) in [5.41, 5.74) is 2.41. The summed E-state index contributed by atoms with van der Waals surface area (Å²) in [4.78, 5) is 2.38. The third-order valence-corrected chi connectivity index (χ3v) is 4.32. The van der Waals surface area contributed by atoms with E-state index in [1.54, 1.807) is 7.11 Å². The lowest BCUT2D eigenvalue weighted by molar-refractivity contribution is -0.0960. The van der Waals surface area contributed by atoms with Crippen molar-refractivity contribution >= 4 is 0 Å². The zero-order chi connectivity index (χ0) is 16.1. The van der Waals surface area contributed by atoms with Crippen molar-refractivity contribution in [2.45, 2.75) is 18.7 Å². The van der Waals surface area contributed by atoms with Crippen LogP contribution in [-0.2, 0) is 11.3 Å². The standard InChI is InChI=1S/C19H23NO3/c1-22-17-9-7-16(8-10-17)19-18(14-21)23-12-11-20(19)13-15-5-3-2-4-6-15/h2-10,18-19,21H,11-14H2,1H3/t18-,19-/m1/s1. The number of nitrogens with zero attached hydrogens (tertiary/aromatic N) is 1. The summed E-state index contributed by atoms with van der Waals surface area (Å²) in [5, 5.41) is 9.73. The molecular formula is C19H23NO3. The molecule has 0 unspecified atom stereocenters. The van der Waals surface area contributed by atoms with E-state index in [1.165, 1.54) is 5.56 Å². The van der Waals surface area contributed by atoms with Crippen LogP contribution in [0.2, 0.25) is 0 Å². The van der Waals surface area contributed by atoms with Crippen LogP contribution in [0.4, 0.5) is 0 Å². The third-order valence-electron chi connectivity index (χ3n) is 4.32. The Hall–Kier alpha value is -1.88. The van der Waals surface area contributed by atoms with E-state index in [1.807, 2.05) is 18.2 Å². The molecule has 0 amide bonds. The second kappa shape index (κ2) is 7.59. The SMILES string of the molecule is COc1ccc([C@@H]2[C@@H](CO)OCCN2Cc2ccccc2)cc1. The van der Waals surface area contributed by atoms with Gasteiger partial charge in [-0.2, -0.15) is 0 Å². The van der Waals surface area contributed by atoms with Gasteiger partial charge in [0.25, 0.3) is 0 Å². The van der Waals surface area contributed by atoms with E-state index >= 15 is 0 Å². The van der Waals surface area contributed by atoms with Gasteiger partial charge >= 0.3 is 0 Å². The zero-order valence-electron chi connectivity index (χ0n) is 13.4. The average molecular weight is 313 g/mol. The predicted molar refractivity (Wildman–Crippen MR) is 89.4 cm³/mol. The lowest BCUT2D eigenvalue weighted by atomic mass is 9.97. The van der Waals surface area contributed by atoms with Crippen LogP contribution in [0.15, 0.2) is 54.6 Å². The molecule has 1 heterocycles. The monoisotopic (exact) mass is 313 g/mol. The van der Waals surface area contributed by atoms with E-state index in [2.05, 4.69) is 41.3 Å². The molecular weight excluding hydrogens is 290 g/mol. The minimum atomic E-state index is -0.208. The van der Waals surface area contributed by atoms with Crippen LogP contribution in [0, 0.1) is 0 Å². The van der Waals surface area contributed by atoms with E-state index in [0.29, 0.717) is 6.61 Å². The van der Waals surface area contributed by atoms with E-state index < -0.39 is 0 Å². The number of hydrogen-bond acceptors (Lipinski definition) is 4. The van der Waals surface area contributed by atoms with Crippen LogP contribution in [0.25, 0.3) is 0 Å². The molecule has 4 nitrogen and oxygen atoms in total. The molecule has 3 rings (SSSR count). The van der Waals surface area contributed by atoms with Crippen molar-refractivity contribution < 1.29 is 14.6 Å². The van der Waals surface area contributed by atoms with Crippen molar-refractivity contribution in [3.05, 3.63) is 65.7 Å². The maximum absolute atomic E-state index is 9.73. The first-order valence-electron chi connectivity index (χ1n) is 7.96. The Labute approximate surface area is 137 Å². The highest BCUT2D eigenvalue weighted by atomic mass is 16.5. The number of ether oxygens (including phenoxy) is 2. The van der Waals surface area contributed by atoms with Crippen LogP contribution in [-0.4, -0.2) is 43.0 Å². The van der Waals surface area contributed by atoms with Crippen LogP contribution in [0.1, 0.15) is 17.2 Å². The molecule has 0 spiro atoms. The molecule has 2 aromatic rings. The maximum atomic E-state index is 9.73. The molecule has 4 heteroatoms. The van der Waals surface area contributed by atoms with Crippen LogP contribution in [0.3, 0.4) is 0 Å². The van der Waals surface area contributed by atoms with E-state index in [9.17, 15) is 5.11 Å². The number of methoxy groups -OCH3 is 1. The molecule has 2 aromatic carbocycles. The molecule has 1 saturated heterocycles. The van der Waals surface area contributed by atoms with Crippen molar-refractivity contribution in [3.8, 4) is 5.75 Å². The van der Waals surface area contributed by atoms with Crippen LogP contribution < -0.4 is 4.74 Å². The summed E-state index contributed by atoms with van der Waals surface area (Å²) in [6.45, 7) is 2.35. The quantitative estimate of drug-likeness (QED) is 0.921. The molecule has 0 bridgehead atoms. The van der Waals surface area contributed by atoms with Crippen molar-refractivity contribution in [2.24, 2.45) is 0 Å². The minimum absolute atomic E-state index is 0.0159. The molecule has 122 valence electrons. The number of morpholine rings is 1. The summed E-state index contributed by atoms with van der Waals surface area (Å²) in [7, 11) is 1.66. The molecule has 23 heavy (non-hydrogen) atoms. The fraction of sp³-hybridized carbons (Fsp3) is 0.368. The van der Waals surface area contributed by atoms with Crippen LogP contribution >= 0.6 is 0 Å². The second-order valence-corrected chi connectivity index (χ2v) is 5.77. The highest BCUT2D eigenvalue weighted by Gasteiger charge is 2.33. The topological polar surface area (TPSA) is 41.9 Å². The van der Waals surface area contributed by atoms with Gasteiger partial charge in [0, 0.05) is 13.1 Å². The molecule has 1 fully saturated rings. The third kappa shape index (κ3) is 3.72. The van der Waals surface area contributed by atoms with Gasteiger partial charge in [0.1, 0.15) is 11.9 Å². The number of aliphatic hydroxyl groups is 1. The lowest BCUT2D eigenvalue weighted by Gasteiger charge is -2.41. The van der Waals surface area contributed by atoms with Crippen molar-refractivity contribution in [2.75, 3.05) is 26.9 Å². The van der Waals surface area contributed by atoms with E-state index in [0.717, 1.165) is 24.4 Å². The van der Waals surface area contributed by atoms with Gasteiger partial charge in [-0.1, -0.05) is 42.5 Å². The average Bonchev–Trinajstić information content (AvgIpc) is 2.62. The normalized spacial score (nSPS) is 22.0. The highest BCUT2D eigenvalue weighted by Crippen LogP contribution is 2.31. The fourth-order valence-corrected chi connectivity index (χ4v) is 3.16.